The van der Waals surface area contributed by atoms with Crippen LogP contribution in [0, 0.1) is 0 Å². The Hall–Kier alpha value is -2.62. The summed E-state index contributed by atoms with van der Waals surface area (Å²) in [7, 11) is 0. The normalized spacial score (nSPS) is 19.2. The highest BCUT2D eigenvalue weighted by atomic mass is 16.2. The minimum atomic E-state index is -0.0768. The summed E-state index contributed by atoms with van der Waals surface area (Å²) in [6.07, 6.45) is 1.19. The first kappa shape index (κ1) is 17.2. The molecule has 0 saturated carbocycles. The third kappa shape index (κ3) is 3.16. The predicted octanol–water partition coefficient (Wildman–Crippen LogP) is 4.32. The molecular weight excluding hydrogens is 312 g/mol. The fraction of sp³-hybridized carbons (Fsp3) is 0.333. The largest absolute Gasteiger partial charge is 0.309 e. The summed E-state index contributed by atoms with van der Waals surface area (Å²) in [5.41, 5.74) is 2.83. The molecule has 0 N–H and O–H groups in total. The Morgan fingerprint density at radius 2 is 1.72 bits per heavy atom. The van der Waals surface area contributed by atoms with E-state index in [0.717, 1.165) is 23.4 Å². The van der Waals surface area contributed by atoms with Gasteiger partial charge in [0, 0.05) is 30.8 Å². The van der Waals surface area contributed by atoms with Crippen molar-refractivity contribution in [2.24, 2.45) is 0 Å². The van der Waals surface area contributed by atoms with Gasteiger partial charge in [-0.3, -0.25) is 9.59 Å². The Labute approximate surface area is 149 Å². The van der Waals surface area contributed by atoms with Gasteiger partial charge in [-0.25, -0.2) is 0 Å². The number of carbonyl (C=O) groups excluding carboxylic acids is 2. The van der Waals surface area contributed by atoms with Crippen LogP contribution in [0.25, 0.3) is 0 Å². The van der Waals surface area contributed by atoms with Crippen molar-refractivity contribution in [1.82, 2.24) is 0 Å². The third-order valence-corrected chi connectivity index (χ3v) is 4.82. The number of rotatable bonds is 3. The second-order valence-corrected chi connectivity index (χ2v) is 6.50. The highest BCUT2D eigenvalue weighted by molar-refractivity contribution is 5.97. The lowest BCUT2D eigenvalue weighted by Crippen LogP contribution is -2.47. The van der Waals surface area contributed by atoms with Crippen molar-refractivity contribution in [2.75, 3.05) is 9.80 Å². The van der Waals surface area contributed by atoms with Gasteiger partial charge < -0.3 is 9.80 Å². The molecule has 1 heterocycles. The molecule has 0 aliphatic carbocycles. The number of carbonyl (C=O) groups is 2. The van der Waals surface area contributed by atoms with Crippen LogP contribution >= 0.6 is 0 Å². The Bertz CT molecular complexity index is 772. The maximum Gasteiger partial charge on any atom is 0.226 e. The number of hydrogen-bond acceptors (Lipinski definition) is 2. The summed E-state index contributed by atoms with van der Waals surface area (Å²) in [6, 6.07) is 17.6. The molecule has 25 heavy (non-hydrogen) atoms. The smallest absolute Gasteiger partial charge is 0.226 e. The quantitative estimate of drug-likeness (QED) is 0.838. The van der Waals surface area contributed by atoms with Gasteiger partial charge in [0.2, 0.25) is 11.8 Å². The van der Waals surface area contributed by atoms with Crippen molar-refractivity contribution in [3.8, 4) is 0 Å². The highest BCUT2D eigenvalue weighted by Crippen LogP contribution is 2.42. The molecule has 0 fully saturated rings. The van der Waals surface area contributed by atoms with Gasteiger partial charge in [0.1, 0.15) is 0 Å². The topological polar surface area (TPSA) is 40.6 Å². The van der Waals surface area contributed by atoms with E-state index in [1.807, 2.05) is 71.3 Å². The van der Waals surface area contributed by atoms with Crippen LogP contribution < -0.4 is 9.80 Å². The average Bonchev–Trinajstić information content (AvgIpc) is 2.62. The summed E-state index contributed by atoms with van der Waals surface area (Å²) >= 11 is 0. The number of fused-ring (bicyclic) bond motifs is 1. The number of nitrogens with zero attached hydrogens (tertiary/aromatic N) is 2. The van der Waals surface area contributed by atoms with Crippen molar-refractivity contribution in [3.63, 3.8) is 0 Å². The molecule has 0 saturated heterocycles. The SMILES string of the molecule is CCC(=O)N1c2ccccc2[C@H](N(C(C)=O)c2ccccc2)C[C@H]1C. The lowest BCUT2D eigenvalue weighted by atomic mass is 9.89. The lowest BCUT2D eigenvalue weighted by Gasteiger charge is -2.43. The number of para-hydroxylation sites is 2. The van der Waals surface area contributed by atoms with Crippen LogP contribution in [-0.2, 0) is 9.59 Å². The molecule has 4 heteroatoms. The van der Waals surface area contributed by atoms with E-state index in [1.54, 1.807) is 6.92 Å². The van der Waals surface area contributed by atoms with Gasteiger partial charge in [-0.2, -0.15) is 0 Å². The van der Waals surface area contributed by atoms with Crippen molar-refractivity contribution < 1.29 is 9.59 Å². The van der Waals surface area contributed by atoms with E-state index in [1.165, 1.54) is 0 Å². The molecule has 2 amide bonds. The molecule has 3 rings (SSSR count). The summed E-state index contributed by atoms with van der Waals surface area (Å²) in [5.74, 6) is 0.126. The standard InChI is InChI=1S/C21H24N2O2/c1-4-21(25)22-15(2)14-20(18-12-8-9-13-19(18)22)23(16(3)24)17-10-6-5-7-11-17/h5-13,15,20H,4,14H2,1-3H3/t15-,20-/m1/s1. The minimum Gasteiger partial charge on any atom is -0.309 e. The lowest BCUT2D eigenvalue weighted by molar-refractivity contribution is -0.118. The van der Waals surface area contributed by atoms with Gasteiger partial charge in [0.05, 0.1) is 6.04 Å². The zero-order chi connectivity index (χ0) is 18.0. The molecule has 0 unspecified atom stereocenters. The molecule has 130 valence electrons. The molecular formula is C21H24N2O2. The van der Waals surface area contributed by atoms with Gasteiger partial charge in [-0.05, 0) is 37.1 Å². The summed E-state index contributed by atoms with van der Waals surface area (Å²) in [6.45, 7) is 5.54. The maximum atomic E-state index is 12.5. The summed E-state index contributed by atoms with van der Waals surface area (Å²) in [5, 5.41) is 0. The van der Waals surface area contributed by atoms with Crippen LogP contribution in [0.5, 0.6) is 0 Å². The second kappa shape index (κ2) is 7.09. The molecule has 1 aliphatic rings. The zero-order valence-corrected chi connectivity index (χ0v) is 15.0. The van der Waals surface area contributed by atoms with E-state index in [0.29, 0.717) is 6.42 Å². The van der Waals surface area contributed by atoms with E-state index in [9.17, 15) is 9.59 Å². The van der Waals surface area contributed by atoms with E-state index >= 15 is 0 Å². The highest BCUT2D eigenvalue weighted by Gasteiger charge is 2.37. The average molecular weight is 336 g/mol. The van der Waals surface area contributed by atoms with E-state index in [-0.39, 0.29) is 23.9 Å². The Kier molecular flexibility index (Phi) is 4.88. The first-order valence-electron chi connectivity index (χ1n) is 8.80. The Morgan fingerprint density at radius 3 is 2.36 bits per heavy atom. The van der Waals surface area contributed by atoms with E-state index < -0.39 is 0 Å². The van der Waals surface area contributed by atoms with Gasteiger partial charge in [0.15, 0.2) is 0 Å². The molecule has 2 aromatic carbocycles. The van der Waals surface area contributed by atoms with Gasteiger partial charge in [-0.1, -0.05) is 43.3 Å². The fourth-order valence-corrected chi connectivity index (χ4v) is 3.75. The zero-order valence-electron chi connectivity index (χ0n) is 15.0. The summed E-state index contributed by atoms with van der Waals surface area (Å²) in [4.78, 5) is 28.7. The monoisotopic (exact) mass is 336 g/mol. The first-order valence-corrected chi connectivity index (χ1v) is 8.80. The van der Waals surface area contributed by atoms with Gasteiger partial charge in [-0.15, -0.1) is 0 Å². The van der Waals surface area contributed by atoms with Crippen molar-refractivity contribution in [2.45, 2.75) is 45.7 Å². The predicted molar refractivity (Wildman–Crippen MR) is 101 cm³/mol. The first-order chi connectivity index (χ1) is 12.0. The van der Waals surface area contributed by atoms with Crippen LogP contribution in [-0.4, -0.2) is 17.9 Å². The Balaban J connectivity index is 2.10. The van der Waals surface area contributed by atoms with Crippen molar-refractivity contribution >= 4 is 23.2 Å². The van der Waals surface area contributed by atoms with Crippen molar-refractivity contribution in [3.05, 3.63) is 60.2 Å². The number of benzene rings is 2. The molecule has 2 atom stereocenters. The number of anilines is 2. The molecule has 0 spiro atoms. The Morgan fingerprint density at radius 1 is 1.08 bits per heavy atom. The number of hydrogen-bond donors (Lipinski definition) is 0. The number of amides is 2. The minimum absolute atomic E-state index is 0.00784. The van der Waals surface area contributed by atoms with Crippen LogP contribution in [0.4, 0.5) is 11.4 Å². The van der Waals surface area contributed by atoms with Crippen LogP contribution in [0.2, 0.25) is 0 Å². The maximum absolute atomic E-state index is 12.5. The van der Waals surface area contributed by atoms with Gasteiger partial charge >= 0.3 is 0 Å². The molecule has 4 nitrogen and oxygen atoms in total. The van der Waals surface area contributed by atoms with Crippen LogP contribution in [0.1, 0.15) is 45.2 Å². The summed E-state index contributed by atoms with van der Waals surface area (Å²) < 4.78 is 0. The van der Waals surface area contributed by atoms with E-state index in [4.69, 9.17) is 0 Å². The van der Waals surface area contributed by atoms with Crippen LogP contribution in [0.3, 0.4) is 0 Å². The molecule has 0 radical (unpaired) electrons. The third-order valence-electron chi connectivity index (χ3n) is 4.82. The molecule has 1 aliphatic heterocycles. The fourth-order valence-electron chi connectivity index (χ4n) is 3.75. The van der Waals surface area contributed by atoms with E-state index in [2.05, 4.69) is 6.92 Å². The van der Waals surface area contributed by atoms with Gasteiger partial charge in [0.25, 0.3) is 0 Å². The van der Waals surface area contributed by atoms with Crippen molar-refractivity contribution in [1.29, 1.82) is 0 Å². The molecule has 0 bridgehead atoms. The second-order valence-electron chi connectivity index (χ2n) is 6.50. The van der Waals surface area contributed by atoms with Crippen LogP contribution in [0.15, 0.2) is 54.6 Å². The molecule has 2 aromatic rings. The molecule has 0 aromatic heterocycles.